The van der Waals surface area contributed by atoms with Gasteiger partial charge < -0.3 is 9.64 Å². The van der Waals surface area contributed by atoms with E-state index in [0.29, 0.717) is 6.07 Å². The van der Waals surface area contributed by atoms with Crippen LogP contribution in [0.5, 0.6) is 5.75 Å². The second kappa shape index (κ2) is 6.14. The van der Waals surface area contributed by atoms with Crippen molar-refractivity contribution in [2.45, 2.75) is 13.0 Å². The highest BCUT2D eigenvalue weighted by molar-refractivity contribution is 5.93. The first kappa shape index (κ1) is 14.2. The average Bonchev–Trinajstić information content (AvgIpc) is 2.29. The maximum absolute atomic E-state index is 13.3. The van der Waals surface area contributed by atoms with Gasteiger partial charge in [-0.25, -0.2) is 8.78 Å². The summed E-state index contributed by atoms with van der Waals surface area (Å²) in [5.74, 6) is -1.96. The van der Waals surface area contributed by atoms with Crippen LogP contribution in [0.1, 0.15) is 6.92 Å². The fourth-order valence-corrected chi connectivity index (χ4v) is 1.18. The highest BCUT2D eigenvalue weighted by Crippen LogP contribution is 2.19. The standard InChI is InChI=1S/C13H15F2NO2/c1-9(12(17)6-7-16(2)3)18-13-5-4-10(14)8-11(13)15/h4-9H,1-3H3/b7-6+. The van der Waals surface area contributed by atoms with Crippen molar-refractivity contribution >= 4 is 5.78 Å². The van der Waals surface area contributed by atoms with Crippen LogP contribution in [0, 0.1) is 11.6 Å². The van der Waals surface area contributed by atoms with Gasteiger partial charge in [-0.1, -0.05) is 0 Å². The van der Waals surface area contributed by atoms with Crippen molar-refractivity contribution in [1.29, 1.82) is 0 Å². The topological polar surface area (TPSA) is 29.5 Å². The highest BCUT2D eigenvalue weighted by atomic mass is 19.1. The van der Waals surface area contributed by atoms with Gasteiger partial charge in [-0.2, -0.15) is 0 Å². The van der Waals surface area contributed by atoms with Crippen molar-refractivity contribution in [1.82, 2.24) is 4.90 Å². The van der Waals surface area contributed by atoms with Gasteiger partial charge in [0.05, 0.1) is 0 Å². The number of ketones is 1. The molecule has 5 heteroatoms. The van der Waals surface area contributed by atoms with Gasteiger partial charge in [0.15, 0.2) is 23.5 Å². The molecule has 1 rings (SSSR count). The molecule has 0 bridgehead atoms. The second-order valence-corrected chi connectivity index (χ2v) is 4.02. The van der Waals surface area contributed by atoms with Crippen LogP contribution in [0.3, 0.4) is 0 Å². The number of carbonyl (C=O) groups is 1. The van der Waals surface area contributed by atoms with E-state index in [1.807, 2.05) is 0 Å². The third-order valence-electron chi connectivity index (χ3n) is 2.14. The van der Waals surface area contributed by atoms with Gasteiger partial charge in [-0.05, 0) is 19.1 Å². The lowest BCUT2D eigenvalue weighted by molar-refractivity contribution is -0.120. The maximum atomic E-state index is 13.3. The molecule has 0 saturated heterocycles. The van der Waals surface area contributed by atoms with Gasteiger partial charge in [0, 0.05) is 32.4 Å². The van der Waals surface area contributed by atoms with Gasteiger partial charge in [0.25, 0.3) is 0 Å². The van der Waals surface area contributed by atoms with E-state index < -0.39 is 17.7 Å². The third kappa shape index (κ3) is 4.16. The number of carbonyl (C=O) groups excluding carboxylic acids is 1. The van der Waals surface area contributed by atoms with Gasteiger partial charge >= 0.3 is 0 Å². The van der Waals surface area contributed by atoms with Crippen molar-refractivity contribution < 1.29 is 18.3 Å². The summed E-state index contributed by atoms with van der Waals surface area (Å²) in [5, 5.41) is 0. The molecule has 0 aliphatic rings. The van der Waals surface area contributed by atoms with Gasteiger partial charge in [0.1, 0.15) is 5.82 Å². The predicted octanol–water partition coefficient (Wildman–Crippen LogP) is 2.38. The fraction of sp³-hybridized carbons (Fsp3) is 0.308. The molecule has 98 valence electrons. The van der Waals surface area contributed by atoms with E-state index in [-0.39, 0.29) is 11.5 Å². The predicted molar refractivity (Wildman–Crippen MR) is 64.3 cm³/mol. The van der Waals surface area contributed by atoms with Crippen LogP contribution in [0.4, 0.5) is 8.78 Å². The zero-order chi connectivity index (χ0) is 13.7. The summed E-state index contributed by atoms with van der Waals surface area (Å²) in [6.45, 7) is 1.51. The molecule has 0 aliphatic carbocycles. The van der Waals surface area contributed by atoms with E-state index in [9.17, 15) is 13.6 Å². The van der Waals surface area contributed by atoms with E-state index in [1.54, 1.807) is 25.2 Å². The Morgan fingerprint density at radius 2 is 2.06 bits per heavy atom. The first-order valence-corrected chi connectivity index (χ1v) is 5.40. The van der Waals surface area contributed by atoms with Crippen LogP contribution in [-0.4, -0.2) is 30.9 Å². The fourth-order valence-electron chi connectivity index (χ4n) is 1.18. The minimum atomic E-state index is -0.832. The van der Waals surface area contributed by atoms with Crippen molar-refractivity contribution in [3.63, 3.8) is 0 Å². The Bertz CT molecular complexity index is 458. The third-order valence-corrected chi connectivity index (χ3v) is 2.14. The first-order chi connectivity index (χ1) is 8.40. The number of hydrogen-bond donors (Lipinski definition) is 0. The Labute approximate surface area is 105 Å². The lowest BCUT2D eigenvalue weighted by Crippen LogP contribution is -2.22. The number of nitrogens with zero attached hydrogens (tertiary/aromatic N) is 1. The minimum Gasteiger partial charge on any atom is -0.480 e. The van der Waals surface area contributed by atoms with Crippen LogP contribution in [0.15, 0.2) is 30.5 Å². The Balaban J connectivity index is 2.69. The molecule has 0 amide bonds. The largest absolute Gasteiger partial charge is 0.480 e. The van der Waals surface area contributed by atoms with Crippen molar-refractivity contribution in [2.24, 2.45) is 0 Å². The summed E-state index contributed by atoms with van der Waals surface area (Å²) >= 11 is 0. The van der Waals surface area contributed by atoms with Gasteiger partial charge in [-0.15, -0.1) is 0 Å². The second-order valence-electron chi connectivity index (χ2n) is 4.02. The van der Waals surface area contributed by atoms with E-state index in [0.717, 1.165) is 12.1 Å². The summed E-state index contributed by atoms with van der Waals surface area (Å²) in [6, 6.07) is 2.94. The molecule has 1 aromatic carbocycles. The quantitative estimate of drug-likeness (QED) is 0.756. The molecular weight excluding hydrogens is 240 g/mol. The van der Waals surface area contributed by atoms with E-state index >= 15 is 0 Å². The molecule has 0 heterocycles. The molecule has 0 fully saturated rings. The molecule has 0 aliphatic heterocycles. The molecule has 1 aromatic rings. The van der Waals surface area contributed by atoms with Crippen molar-refractivity contribution in [3.8, 4) is 5.75 Å². The average molecular weight is 255 g/mol. The molecule has 0 aromatic heterocycles. The summed E-state index contributed by atoms with van der Waals surface area (Å²) in [6.07, 6.45) is 2.08. The van der Waals surface area contributed by atoms with E-state index in [2.05, 4.69) is 0 Å². The molecule has 3 nitrogen and oxygen atoms in total. The molecule has 1 atom stereocenters. The molecule has 0 radical (unpaired) electrons. The zero-order valence-electron chi connectivity index (χ0n) is 10.5. The zero-order valence-corrected chi connectivity index (χ0v) is 10.5. The first-order valence-electron chi connectivity index (χ1n) is 5.40. The molecular formula is C13H15F2NO2. The van der Waals surface area contributed by atoms with Crippen molar-refractivity contribution in [3.05, 3.63) is 42.1 Å². The molecule has 0 saturated carbocycles. The normalized spacial score (nSPS) is 12.5. The van der Waals surface area contributed by atoms with Crippen LogP contribution in [-0.2, 0) is 4.79 Å². The Kier molecular flexibility index (Phi) is 4.83. The summed E-state index contributed by atoms with van der Waals surface area (Å²) in [4.78, 5) is 13.3. The highest BCUT2D eigenvalue weighted by Gasteiger charge is 2.14. The van der Waals surface area contributed by atoms with Crippen molar-refractivity contribution in [2.75, 3.05) is 14.1 Å². The van der Waals surface area contributed by atoms with E-state index in [1.165, 1.54) is 13.0 Å². The van der Waals surface area contributed by atoms with E-state index in [4.69, 9.17) is 4.74 Å². The number of benzene rings is 1. The molecule has 0 spiro atoms. The minimum absolute atomic E-state index is 0.143. The lowest BCUT2D eigenvalue weighted by Gasteiger charge is -2.13. The van der Waals surface area contributed by atoms with Crippen LogP contribution < -0.4 is 4.74 Å². The number of halogens is 2. The Morgan fingerprint density at radius 3 is 2.61 bits per heavy atom. The molecule has 18 heavy (non-hydrogen) atoms. The SMILES string of the molecule is CC(Oc1ccc(F)cc1F)C(=O)/C=C/N(C)C. The monoisotopic (exact) mass is 255 g/mol. The summed E-state index contributed by atoms with van der Waals surface area (Å²) in [5.41, 5.74) is 0. The Hall–Kier alpha value is -1.91. The van der Waals surface area contributed by atoms with Gasteiger partial charge in [0.2, 0.25) is 0 Å². The smallest absolute Gasteiger partial charge is 0.197 e. The number of hydrogen-bond acceptors (Lipinski definition) is 3. The lowest BCUT2D eigenvalue weighted by atomic mass is 10.2. The van der Waals surface area contributed by atoms with Crippen LogP contribution >= 0.6 is 0 Å². The Morgan fingerprint density at radius 1 is 1.39 bits per heavy atom. The van der Waals surface area contributed by atoms with Crippen LogP contribution in [0.25, 0.3) is 0 Å². The van der Waals surface area contributed by atoms with Crippen LogP contribution in [0.2, 0.25) is 0 Å². The maximum Gasteiger partial charge on any atom is 0.197 e. The van der Waals surface area contributed by atoms with Gasteiger partial charge in [-0.3, -0.25) is 4.79 Å². The molecule has 0 N–H and O–H groups in total. The number of rotatable bonds is 5. The molecule has 1 unspecified atom stereocenters. The summed E-state index contributed by atoms with van der Waals surface area (Å²) < 4.78 is 31.1. The summed E-state index contributed by atoms with van der Waals surface area (Å²) in [7, 11) is 3.55. The number of ether oxygens (including phenoxy) is 1.